The highest BCUT2D eigenvalue weighted by Gasteiger charge is 2.28. The summed E-state index contributed by atoms with van der Waals surface area (Å²) in [4.78, 5) is 17.3. The van der Waals surface area contributed by atoms with Gasteiger partial charge in [0.05, 0.1) is 11.0 Å². The lowest BCUT2D eigenvalue weighted by Gasteiger charge is -2.18. The zero-order valence-electron chi connectivity index (χ0n) is 15.0. The van der Waals surface area contributed by atoms with Gasteiger partial charge >= 0.3 is 0 Å². The Hall–Kier alpha value is -1.58. The summed E-state index contributed by atoms with van der Waals surface area (Å²) >= 11 is 6.81. The number of nitrogens with zero attached hydrogens (tertiary/aromatic N) is 2. The highest BCUT2D eigenvalue weighted by Crippen LogP contribution is 2.29. The number of aromatic hydroxyl groups is 1. The molecule has 7 nitrogen and oxygen atoms in total. The number of amides is 1. The molecule has 1 aliphatic rings. The van der Waals surface area contributed by atoms with Gasteiger partial charge in [-0.3, -0.25) is 4.79 Å². The van der Waals surface area contributed by atoms with Crippen molar-refractivity contribution >= 4 is 43.6 Å². The van der Waals surface area contributed by atoms with E-state index in [0.29, 0.717) is 33.8 Å². The third-order valence-electron chi connectivity index (χ3n) is 4.72. The molecule has 1 aliphatic carbocycles. The van der Waals surface area contributed by atoms with Crippen molar-refractivity contribution in [2.24, 2.45) is 5.73 Å². The molecule has 1 saturated carbocycles. The van der Waals surface area contributed by atoms with Gasteiger partial charge in [0.25, 0.3) is 5.91 Å². The third kappa shape index (κ3) is 4.47. The van der Waals surface area contributed by atoms with Gasteiger partial charge in [-0.15, -0.1) is 0 Å². The van der Waals surface area contributed by atoms with Crippen LogP contribution in [0, 0.1) is 0 Å². The van der Waals surface area contributed by atoms with Crippen LogP contribution in [0.15, 0.2) is 27.4 Å². The number of nitrogens with two attached hydrogens (primary N) is 1. The van der Waals surface area contributed by atoms with Crippen LogP contribution < -0.4 is 16.4 Å². The van der Waals surface area contributed by atoms with E-state index in [0.717, 1.165) is 24.8 Å². The maximum Gasteiger partial charge on any atom is 0.271 e. The predicted octanol–water partition coefficient (Wildman–Crippen LogP) is 3.20. The third-order valence-corrected chi connectivity index (χ3v) is 5.96. The average Bonchev–Trinajstić information content (AvgIpc) is 3.15. The van der Waals surface area contributed by atoms with Crippen LogP contribution >= 0.6 is 31.9 Å². The van der Waals surface area contributed by atoms with Crippen molar-refractivity contribution in [1.29, 1.82) is 0 Å². The SMILES string of the molecule is CCNC(=O)c1c(N[C@H]2CCC[C@H]2N)nc(Br)n1Cc1ccc(O)c(Br)c1. The number of carbonyl (C=O) groups excluding carboxylic acids is 1. The van der Waals surface area contributed by atoms with Gasteiger partial charge in [-0.2, -0.15) is 0 Å². The Morgan fingerprint density at radius 3 is 2.81 bits per heavy atom. The summed E-state index contributed by atoms with van der Waals surface area (Å²) in [5, 5.41) is 15.9. The fourth-order valence-electron chi connectivity index (χ4n) is 3.32. The first-order chi connectivity index (χ1) is 12.9. The number of imidazole rings is 1. The van der Waals surface area contributed by atoms with Gasteiger partial charge in [0, 0.05) is 18.6 Å². The summed E-state index contributed by atoms with van der Waals surface area (Å²) in [6, 6.07) is 5.42. The predicted molar refractivity (Wildman–Crippen MR) is 112 cm³/mol. The Morgan fingerprint density at radius 2 is 2.19 bits per heavy atom. The van der Waals surface area contributed by atoms with Gasteiger partial charge in [0.2, 0.25) is 0 Å². The molecular formula is C18H23Br2N5O2. The first-order valence-electron chi connectivity index (χ1n) is 8.94. The average molecular weight is 501 g/mol. The van der Waals surface area contributed by atoms with Gasteiger partial charge in [-0.1, -0.05) is 6.07 Å². The van der Waals surface area contributed by atoms with Gasteiger partial charge in [0.1, 0.15) is 5.75 Å². The molecule has 3 rings (SSSR count). The minimum Gasteiger partial charge on any atom is -0.507 e. The van der Waals surface area contributed by atoms with Crippen molar-refractivity contribution in [1.82, 2.24) is 14.9 Å². The largest absolute Gasteiger partial charge is 0.507 e. The van der Waals surface area contributed by atoms with Crippen LogP contribution in [-0.4, -0.2) is 39.2 Å². The fraction of sp³-hybridized carbons (Fsp3) is 0.444. The van der Waals surface area contributed by atoms with E-state index < -0.39 is 0 Å². The second-order valence-electron chi connectivity index (χ2n) is 6.65. The van der Waals surface area contributed by atoms with Gasteiger partial charge < -0.3 is 26.0 Å². The summed E-state index contributed by atoms with van der Waals surface area (Å²) in [6.45, 7) is 2.83. The molecule has 0 radical (unpaired) electrons. The molecule has 2 atom stereocenters. The molecule has 0 aliphatic heterocycles. The molecule has 1 amide bonds. The van der Waals surface area contributed by atoms with E-state index in [2.05, 4.69) is 47.5 Å². The molecule has 1 heterocycles. The van der Waals surface area contributed by atoms with Crippen molar-refractivity contribution in [3.63, 3.8) is 0 Å². The molecule has 27 heavy (non-hydrogen) atoms. The molecule has 2 aromatic rings. The van der Waals surface area contributed by atoms with Crippen molar-refractivity contribution in [2.75, 3.05) is 11.9 Å². The van der Waals surface area contributed by atoms with Crippen LogP contribution in [0.1, 0.15) is 42.2 Å². The fourth-order valence-corrected chi connectivity index (χ4v) is 4.23. The van der Waals surface area contributed by atoms with E-state index in [4.69, 9.17) is 5.73 Å². The zero-order chi connectivity index (χ0) is 19.6. The number of phenolic OH excluding ortho intramolecular Hbond substituents is 1. The van der Waals surface area contributed by atoms with E-state index >= 15 is 0 Å². The van der Waals surface area contributed by atoms with Crippen molar-refractivity contribution in [3.8, 4) is 5.75 Å². The molecule has 0 unspecified atom stereocenters. The molecule has 146 valence electrons. The van der Waals surface area contributed by atoms with Crippen LogP contribution in [0.4, 0.5) is 5.82 Å². The lowest BCUT2D eigenvalue weighted by molar-refractivity contribution is 0.0947. The van der Waals surface area contributed by atoms with Gasteiger partial charge in [-0.05, 0) is 75.7 Å². The van der Waals surface area contributed by atoms with Crippen LogP contribution in [0.3, 0.4) is 0 Å². The number of rotatable bonds is 6. The number of anilines is 1. The Balaban J connectivity index is 1.96. The van der Waals surface area contributed by atoms with Crippen molar-refractivity contribution < 1.29 is 9.90 Å². The molecule has 9 heteroatoms. The Kier molecular flexibility index (Phi) is 6.44. The Morgan fingerprint density at radius 1 is 1.41 bits per heavy atom. The van der Waals surface area contributed by atoms with Crippen LogP contribution in [-0.2, 0) is 6.54 Å². The number of phenols is 1. The van der Waals surface area contributed by atoms with E-state index in [9.17, 15) is 9.90 Å². The Labute approximate surface area is 175 Å². The van der Waals surface area contributed by atoms with E-state index in [1.807, 2.05) is 23.6 Å². The van der Waals surface area contributed by atoms with Gasteiger partial charge in [-0.25, -0.2) is 4.98 Å². The number of hydrogen-bond donors (Lipinski definition) is 4. The number of hydrogen-bond acceptors (Lipinski definition) is 5. The van der Waals surface area contributed by atoms with Crippen LogP contribution in [0.2, 0.25) is 0 Å². The van der Waals surface area contributed by atoms with Crippen LogP contribution in [0.25, 0.3) is 0 Å². The number of benzene rings is 1. The molecule has 0 spiro atoms. The van der Waals surface area contributed by atoms with E-state index in [1.54, 1.807) is 6.07 Å². The van der Waals surface area contributed by atoms with Crippen molar-refractivity contribution in [2.45, 2.75) is 44.8 Å². The molecule has 1 aromatic carbocycles. The highest BCUT2D eigenvalue weighted by atomic mass is 79.9. The molecular weight excluding hydrogens is 478 g/mol. The second-order valence-corrected chi connectivity index (χ2v) is 8.22. The number of aromatic nitrogens is 2. The summed E-state index contributed by atoms with van der Waals surface area (Å²) in [7, 11) is 0. The summed E-state index contributed by atoms with van der Waals surface area (Å²) in [5.41, 5.74) is 7.56. The van der Waals surface area contributed by atoms with E-state index in [1.165, 1.54) is 0 Å². The lowest BCUT2D eigenvalue weighted by Crippen LogP contribution is -2.36. The van der Waals surface area contributed by atoms with Crippen LogP contribution in [0.5, 0.6) is 5.75 Å². The molecule has 1 fully saturated rings. The minimum atomic E-state index is -0.192. The quantitative estimate of drug-likeness (QED) is 0.487. The number of nitrogens with one attached hydrogen (secondary N) is 2. The minimum absolute atomic E-state index is 0.0593. The summed E-state index contributed by atoms with van der Waals surface area (Å²) in [5.74, 6) is 0.514. The molecule has 0 saturated heterocycles. The summed E-state index contributed by atoms with van der Waals surface area (Å²) in [6.07, 6.45) is 3.00. The normalized spacial score (nSPS) is 19.3. The Bertz CT molecular complexity index is 839. The van der Waals surface area contributed by atoms with E-state index in [-0.39, 0.29) is 23.7 Å². The highest BCUT2D eigenvalue weighted by molar-refractivity contribution is 9.10. The lowest BCUT2D eigenvalue weighted by atomic mass is 10.2. The molecule has 0 bridgehead atoms. The number of carbonyl (C=O) groups is 1. The first kappa shape index (κ1) is 20.2. The molecule has 1 aromatic heterocycles. The topological polar surface area (TPSA) is 105 Å². The maximum absolute atomic E-state index is 12.8. The standard InChI is InChI=1S/C18H23Br2N5O2/c1-2-22-17(27)15-16(23-13-5-3-4-12(13)21)24-18(20)25(15)9-10-6-7-14(26)11(19)8-10/h6-8,12-13,23,26H,2-5,9,21H2,1H3,(H,22,27)/t12-,13+/m1/s1. The smallest absolute Gasteiger partial charge is 0.271 e. The number of halogens is 2. The maximum atomic E-state index is 12.8. The second kappa shape index (κ2) is 8.62. The zero-order valence-corrected chi connectivity index (χ0v) is 18.2. The monoisotopic (exact) mass is 499 g/mol. The first-order valence-corrected chi connectivity index (χ1v) is 10.5. The molecule has 5 N–H and O–H groups in total. The van der Waals surface area contributed by atoms with Gasteiger partial charge in [0.15, 0.2) is 16.2 Å². The summed E-state index contributed by atoms with van der Waals surface area (Å²) < 4.78 is 2.97. The van der Waals surface area contributed by atoms with Crippen molar-refractivity contribution in [3.05, 3.63) is 38.7 Å².